The van der Waals surface area contributed by atoms with E-state index in [0.717, 1.165) is 12.1 Å². The zero-order valence-corrected chi connectivity index (χ0v) is 19.2. The molecule has 0 radical (unpaired) electrons. The number of nitro groups is 1. The van der Waals surface area contributed by atoms with Crippen molar-refractivity contribution in [1.82, 2.24) is 4.72 Å². The summed E-state index contributed by atoms with van der Waals surface area (Å²) in [5, 5.41) is 30.8. The number of nitrogens with one attached hydrogen (secondary N) is 1. The topological polar surface area (TPSA) is 231 Å². The van der Waals surface area contributed by atoms with Crippen LogP contribution in [0.1, 0.15) is 37.2 Å². The molecule has 192 valence electrons. The van der Waals surface area contributed by atoms with Crippen LogP contribution in [-0.2, 0) is 28.8 Å². The fourth-order valence-corrected chi connectivity index (χ4v) is 3.72. The number of amides is 1. The van der Waals surface area contributed by atoms with Gasteiger partial charge >= 0.3 is 22.2 Å². The summed E-state index contributed by atoms with van der Waals surface area (Å²) in [7, 11) is -4.56. The van der Waals surface area contributed by atoms with Gasteiger partial charge in [0.15, 0.2) is 0 Å². The number of aliphatic hydroxyl groups is 2. The molecular formula is C18H27N3O12S. The molecule has 6 atom stereocenters. The summed E-state index contributed by atoms with van der Waals surface area (Å²) in [6.45, 7) is 2.44. The Morgan fingerprint density at radius 2 is 1.94 bits per heavy atom. The normalized spacial score (nSPS) is 24.4. The maximum atomic E-state index is 12.0. The molecule has 0 aromatic carbocycles. The fourth-order valence-electron chi connectivity index (χ4n) is 2.97. The second kappa shape index (κ2) is 11.7. The molecule has 1 amide bonds. The van der Waals surface area contributed by atoms with E-state index in [0.29, 0.717) is 6.42 Å². The van der Waals surface area contributed by atoms with E-state index in [9.17, 15) is 38.3 Å². The highest BCUT2D eigenvalue weighted by molar-refractivity contribution is 7.85. The first-order valence-electron chi connectivity index (χ1n) is 10.3. The number of aliphatic hydroxyl groups excluding tert-OH is 2. The molecule has 1 saturated heterocycles. The van der Waals surface area contributed by atoms with E-state index in [1.807, 2.05) is 0 Å². The van der Waals surface area contributed by atoms with Crippen molar-refractivity contribution >= 4 is 28.1 Å². The standard InChI is InChI=1S/C18H27N3O12S/c1-3-9(2)14(19)17(24)20-34(28,29)31-8-12-16(23)15(22)10(32-12)6-7-30-18(25)11-4-5-13(33-11)21(26)27/h4-5,9-10,12,14-16,22-23H,3,6-8,19H2,1-2H3,(H,20,24). The zero-order valence-electron chi connectivity index (χ0n) is 18.4. The van der Waals surface area contributed by atoms with Gasteiger partial charge in [-0.05, 0) is 12.0 Å². The van der Waals surface area contributed by atoms with Crippen LogP contribution in [0.5, 0.6) is 0 Å². The van der Waals surface area contributed by atoms with Gasteiger partial charge in [-0.1, -0.05) is 20.3 Å². The summed E-state index contributed by atoms with van der Waals surface area (Å²) in [6, 6.07) is 0.974. The Hall–Kier alpha value is -2.63. The van der Waals surface area contributed by atoms with Crippen molar-refractivity contribution < 1.29 is 51.2 Å². The number of hydrogen-bond acceptors (Lipinski definition) is 13. The molecule has 2 heterocycles. The molecule has 1 aliphatic heterocycles. The molecule has 2 rings (SSSR count). The molecule has 1 fully saturated rings. The van der Waals surface area contributed by atoms with E-state index in [1.165, 1.54) is 0 Å². The first-order valence-corrected chi connectivity index (χ1v) is 11.7. The van der Waals surface area contributed by atoms with Crippen LogP contribution in [0.15, 0.2) is 16.5 Å². The van der Waals surface area contributed by atoms with Gasteiger partial charge in [0.1, 0.15) is 23.2 Å². The van der Waals surface area contributed by atoms with Gasteiger partial charge in [0.05, 0.1) is 31.4 Å². The summed E-state index contributed by atoms with van der Waals surface area (Å²) in [5.41, 5.74) is 5.67. The Bertz CT molecular complexity index is 981. The number of nitrogens with two attached hydrogens (primary N) is 1. The number of esters is 1. The van der Waals surface area contributed by atoms with E-state index in [2.05, 4.69) is 4.18 Å². The van der Waals surface area contributed by atoms with Crippen LogP contribution >= 0.6 is 0 Å². The first kappa shape index (κ1) is 27.6. The molecule has 1 aromatic heterocycles. The molecule has 15 nitrogen and oxygen atoms in total. The average Bonchev–Trinajstić information content (AvgIpc) is 3.38. The van der Waals surface area contributed by atoms with Crippen molar-refractivity contribution in [2.45, 2.75) is 57.1 Å². The molecular weight excluding hydrogens is 482 g/mol. The van der Waals surface area contributed by atoms with Crippen molar-refractivity contribution in [3.63, 3.8) is 0 Å². The molecule has 0 aliphatic carbocycles. The third kappa shape index (κ3) is 7.18. The monoisotopic (exact) mass is 509 g/mol. The van der Waals surface area contributed by atoms with Gasteiger partial charge in [-0.25, -0.2) is 9.52 Å². The molecule has 1 aliphatic rings. The lowest BCUT2D eigenvalue weighted by molar-refractivity contribution is -0.402. The number of carbonyl (C=O) groups is 2. The fraction of sp³-hybridized carbons (Fsp3) is 0.667. The lowest BCUT2D eigenvalue weighted by atomic mass is 10.00. The minimum atomic E-state index is -4.56. The van der Waals surface area contributed by atoms with Gasteiger partial charge in [0.25, 0.3) is 5.91 Å². The number of nitrogens with zero attached hydrogens (tertiary/aromatic N) is 1. The number of hydrogen-bond donors (Lipinski definition) is 4. The van der Waals surface area contributed by atoms with E-state index >= 15 is 0 Å². The van der Waals surface area contributed by atoms with E-state index in [1.54, 1.807) is 18.6 Å². The summed E-state index contributed by atoms with van der Waals surface area (Å²) < 4.78 is 45.3. The average molecular weight is 509 g/mol. The van der Waals surface area contributed by atoms with Crippen LogP contribution in [0.4, 0.5) is 5.88 Å². The number of carbonyl (C=O) groups excluding carboxylic acids is 2. The predicted molar refractivity (Wildman–Crippen MR) is 111 cm³/mol. The molecule has 34 heavy (non-hydrogen) atoms. The van der Waals surface area contributed by atoms with Gasteiger partial charge in [-0.3, -0.25) is 19.1 Å². The van der Waals surface area contributed by atoms with Crippen molar-refractivity contribution in [2.75, 3.05) is 13.2 Å². The van der Waals surface area contributed by atoms with E-state index < -0.39 is 75.8 Å². The third-order valence-electron chi connectivity index (χ3n) is 5.24. The SMILES string of the molecule is CCC(C)C(N)C(=O)NS(=O)(=O)OCC1OC(CCOC(=O)c2ccc([N+](=O)[O-])o2)C(O)C1O. The van der Waals surface area contributed by atoms with Crippen LogP contribution in [0.25, 0.3) is 0 Å². The maximum absolute atomic E-state index is 12.0. The van der Waals surface area contributed by atoms with Crippen LogP contribution < -0.4 is 10.5 Å². The number of ether oxygens (including phenoxy) is 2. The molecule has 16 heteroatoms. The summed E-state index contributed by atoms with van der Waals surface area (Å²) in [4.78, 5) is 33.5. The Kier molecular flexibility index (Phi) is 9.48. The highest BCUT2D eigenvalue weighted by atomic mass is 32.2. The molecule has 0 spiro atoms. The van der Waals surface area contributed by atoms with Crippen LogP contribution in [0.2, 0.25) is 0 Å². The predicted octanol–water partition coefficient (Wildman–Crippen LogP) is -1.03. The van der Waals surface area contributed by atoms with E-state index in [-0.39, 0.29) is 18.9 Å². The maximum Gasteiger partial charge on any atom is 0.433 e. The van der Waals surface area contributed by atoms with E-state index in [4.69, 9.17) is 19.6 Å². The van der Waals surface area contributed by atoms with Crippen LogP contribution in [0.3, 0.4) is 0 Å². The van der Waals surface area contributed by atoms with Gasteiger partial charge in [-0.15, -0.1) is 0 Å². The second-order valence-electron chi connectivity index (χ2n) is 7.63. The third-order valence-corrected chi connectivity index (χ3v) is 6.14. The highest BCUT2D eigenvalue weighted by Crippen LogP contribution is 2.25. The van der Waals surface area contributed by atoms with Crippen LogP contribution in [-0.4, -0.2) is 79.1 Å². The van der Waals surface area contributed by atoms with Gasteiger partial charge in [-0.2, -0.15) is 8.42 Å². The molecule has 0 saturated carbocycles. The molecule has 5 N–H and O–H groups in total. The van der Waals surface area contributed by atoms with Gasteiger partial charge in [0, 0.05) is 6.42 Å². The Balaban J connectivity index is 1.82. The largest absolute Gasteiger partial charge is 0.460 e. The minimum absolute atomic E-state index is 0.101. The second-order valence-corrected chi connectivity index (χ2v) is 8.98. The molecule has 1 aromatic rings. The number of rotatable bonds is 12. The summed E-state index contributed by atoms with van der Waals surface area (Å²) in [6.07, 6.45) is -4.84. The summed E-state index contributed by atoms with van der Waals surface area (Å²) in [5.74, 6) is -3.25. The van der Waals surface area contributed by atoms with Crippen molar-refractivity contribution in [1.29, 1.82) is 0 Å². The van der Waals surface area contributed by atoms with Crippen LogP contribution in [0, 0.1) is 16.0 Å². The minimum Gasteiger partial charge on any atom is -0.460 e. The Labute approximate surface area is 194 Å². The quantitative estimate of drug-likeness (QED) is 0.150. The lowest BCUT2D eigenvalue weighted by Gasteiger charge is -2.18. The molecule has 6 unspecified atom stereocenters. The smallest absolute Gasteiger partial charge is 0.433 e. The van der Waals surface area contributed by atoms with Crippen molar-refractivity contribution in [2.24, 2.45) is 11.7 Å². The van der Waals surface area contributed by atoms with Crippen molar-refractivity contribution in [3.8, 4) is 0 Å². The van der Waals surface area contributed by atoms with Gasteiger partial charge in [0.2, 0.25) is 5.76 Å². The zero-order chi connectivity index (χ0) is 25.6. The lowest BCUT2D eigenvalue weighted by Crippen LogP contribution is -2.47. The number of furan rings is 1. The highest BCUT2D eigenvalue weighted by Gasteiger charge is 2.43. The Morgan fingerprint density at radius 1 is 1.29 bits per heavy atom. The molecule has 0 bridgehead atoms. The Morgan fingerprint density at radius 3 is 2.53 bits per heavy atom. The summed E-state index contributed by atoms with van der Waals surface area (Å²) >= 11 is 0. The van der Waals surface area contributed by atoms with Crippen molar-refractivity contribution in [3.05, 3.63) is 28.0 Å². The van der Waals surface area contributed by atoms with Gasteiger partial charge < -0.3 is 29.8 Å². The first-order chi connectivity index (χ1) is 15.9.